The minimum atomic E-state index is -3.35. The molecule has 0 saturated heterocycles. The quantitative estimate of drug-likeness (QED) is 0.574. The van der Waals surface area contributed by atoms with Gasteiger partial charge in [-0.25, -0.2) is 0 Å². The van der Waals surface area contributed by atoms with E-state index < -0.39 is 28.4 Å². The van der Waals surface area contributed by atoms with Crippen LogP contribution in [0.5, 0.6) is 0 Å². The van der Waals surface area contributed by atoms with E-state index in [1.54, 1.807) is 12.1 Å². The first-order valence-corrected chi connectivity index (χ1v) is 18.9. The first kappa shape index (κ1) is 17.0. The van der Waals surface area contributed by atoms with Gasteiger partial charge in [-0.1, -0.05) is 0 Å². The number of sulfonamides is 1. The Balaban J connectivity index is 2.99. The molecule has 3 nitrogen and oxygen atoms in total. The van der Waals surface area contributed by atoms with Crippen molar-refractivity contribution < 1.29 is 8.42 Å². The molecule has 5 heteroatoms. The van der Waals surface area contributed by atoms with Crippen LogP contribution in [0.25, 0.3) is 0 Å². The predicted octanol–water partition coefficient (Wildman–Crippen LogP) is 3.18. The van der Waals surface area contributed by atoms with Gasteiger partial charge in [-0.15, -0.1) is 0 Å². The fourth-order valence-electron chi connectivity index (χ4n) is 1.94. The van der Waals surface area contributed by atoms with Gasteiger partial charge >= 0.3 is 122 Å². The van der Waals surface area contributed by atoms with Gasteiger partial charge in [0, 0.05) is 0 Å². The maximum atomic E-state index is 12.3. The van der Waals surface area contributed by atoms with Crippen molar-refractivity contribution in [3.63, 3.8) is 0 Å². The van der Waals surface area contributed by atoms with Gasteiger partial charge in [0.1, 0.15) is 0 Å². The van der Waals surface area contributed by atoms with E-state index in [1.165, 1.54) is 0 Å². The Kier molecular flexibility index (Phi) is 6.33. The number of nitrogens with one attached hydrogen (secondary N) is 1. The molecule has 0 fully saturated rings. The Hall–Kier alpha value is -0.0713. The van der Waals surface area contributed by atoms with Crippen LogP contribution in [-0.2, 0) is 14.5 Å². The second-order valence-corrected chi connectivity index (χ2v) is 23.5. The fraction of sp³-hybridized carbons (Fsp3) is 0.571. The van der Waals surface area contributed by atoms with Crippen LogP contribution in [-0.4, -0.2) is 33.3 Å². The molecule has 0 bridgehead atoms. The second kappa shape index (κ2) is 7.09. The molecular weight excluding hydrogens is 365 g/mol. The van der Waals surface area contributed by atoms with Gasteiger partial charge in [-0.2, -0.15) is 0 Å². The van der Waals surface area contributed by atoms with Crippen LogP contribution in [0.15, 0.2) is 29.2 Å². The van der Waals surface area contributed by atoms with E-state index in [-0.39, 0.29) is 0 Å². The summed E-state index contributed by atoms with van der Waals surface area (Å²) in [7, 11) is -3.35. The molecule has 1 rings (SSSR count). The molecule has 1 aromatic carbocycles. The van der Waals surface area contributed by atoms with E-state index >= 15 is 0 Å². The van der Waals surface area contributed by atoms with Crippen LogP contribution in [0.2, 0.25) is 14.8 Å². The topological polar surface area (TPSA) is 46.2 Å². The molecule has 0 aliphatic carbocycles. The van der Waals surface area contributed by atoms with Crippen LogP contribution in [0.4, 0.5) is 0 Å². The van der Waals surface area contributed by atoms with Crippen molar-refractivity contribution in [2.24, 2.45) is 0 Å². The summed E-state index contributed by atoms with van der Waals surface area (Å²) in [6, 6.07) is 7.41. The second-order valence-electron chi connectivity index (χ2n) is 6.10. The Morgan fingerprint density at radius 2 is 1.79 bits per heavy atom. The molecule has 0 heterocycles. The van der Waals surface area contributed by atoms with E-state index in [0.29, 0.717) is 11.4 Å². The molecule has 1 aromatic rings. The SMILES string of the molecule is CCCCNS(=O)(=O)c1ccccc1[CH2][Sn]([CH3])([CH3])[CH3]. The van der Waals surface area contributed by atoms with Gasteiger partial charge in [0.25, 0.3) is 0 Å². The summed E-state index contributed by atoms with van der Waals surface area (Å²) in [5.74, 6) is 0. The Morgan fingerprint density at radius 3 is 2.37 bits per heavy atom. The molecule has 19 heavy (non-hydrogen) atoms. The summed E-state index contributed by atoms with van der Waals surface area (Å²) in [5.41, 5.74) is 0.981. The summed E-state index contributed by atoms with van der Waals surface area (Å²) in [6.07, 6.45) is 1.86. The van der Waals surface area contributed by atoms with Crippen LogP contribution in [0.1, 0.15) is 25.3 Å². The van der Waals surface area contributed by atoms with Gasteiger partial charge in [-0.3, -0.25) is 0 Å². The zero-order valence-corrected chi connectivity index (χ0v) is 16.0. The third-order valence-electron chi connectivity index (χ3n) is 2.81. The zero-order chi connectivity index (χ0) is 14.5. The summed E-state index contributed by atoms with van der Waals surface area (Å²) < 4.78 is 28.3. The molecule has 1 N–H and O–H groups in total. The summed E-state index contributed by atoms with van der Waals surface area (Å²) >= 11 is -2.06. The minimum absolute atomic E-state index is 0.470. The molecule has 0 radical (unpaired) electrons. The van der Waals surface area contributed by atoms with Crippen LogP contribution >= 0.6 is 0 Å². The molecule has 0 saturated carbocycles. The third-order valence-corrected chi connectivity index (χ3v) is 8.48. The molecule has 0 aliphatic rings. The normalized spacial score (nSPS) is 12.6. The van der Waals surface area contributed by atoms with Crippen molar-refractivity contribution in [2.45, 2.75) is 43.9 Å². The third kappa shape index (κ3) is 5.83. The first-order chi connectivity index (χ1) is 8.76. The number of benzene rings is 1. The molecule has 0 atom stereocenters. The van der Waals surface area contributed by atoms with E-state index in [2.05, 4.69) is 26.5 Å². The standard InChI is InChI=1S/C11H16NO2S.3CH3.Sn/c1-3-4-9-12-15(13,14)11-8-6-5-7-10(11)2;;;;/h5-8,12H,2-4,9H2,1H3;3*1H3;. The van der Waals surface area contributed by atoms with Crippen molar-refractivity contribution in [3.05, 3.63) is 29.8 Å². The average Bonchev–Trinajstić information content (AvgIpc) is 2.27. The molecule has 108 valence electrons. The monoisotopic (exact) mass is 391 g/mol. The maximum absolute atomic E-state index is 12.3. The van der Waals surface area contributed by atoms with E-state index in [9.17, 15) is 8.42 Å². The van der Waals surface area contributed by atoms with Crippen molar-refractivity contribution >= 4 is 28.4 Å². The molecule has 0 aromatic heterocycles. The van der Waals surface area contributed by atoms with Crippen molar-refractivity contribution in [2.75, 3.05) is 6.54 Å². The van der Waals surface area contributed by atoms with E-state index in [1.807, 2.05) is 12.1 Å². The summed E-state index contributed by atoms with van der Waals surface area (Å²) in [6.45, 7) is 2.57. The first-order valence-electron chi connectivity index (χ1n) is 6.84. The zero-order valence-electron chi connectivity index (χ0n) is 12.4. The van der Waals surface area contributed by atoms with Crippen molar-refractivity contribution in [3.8, 4) is 0 Å². The van der Waals surface area contributed by atoms with Crippen molar-refractivity contribution in [1.82, 2.24) is 4.72 Å². The van der Waals surface area contributed by atoms with Gasteiger partial charge in [0.2, 0.25) is 0 Å². The number of hydrogen-bond acceptors (Lipinski definition) is 2. The van der Waals surface area contributed by atoms with Gasteiger partial charge in [0.05, 0.1) is 0 Å². The molecule has 0 amide bonds. The van der Waals surface area contributed by atoms with Crippen LogP contribution < -0.4 is 4.72 Å². The molecule has 0 spiro atoms. The molecule has 0 unspecified atom stereocenters. The van der Waals surface area contributed by atoms with Crippen LogP contribution in [0, 0.1) is 0 Å². The van der Waals surface area contributed by atoms with E-state index in [4.69, 9.17) is 0 Å². The average molecular weight is 390 g/mol. The fourth-order valence-corrected chi connectivity index (χ4v) is 7.76. The Morgan fingerprint density at radius 1 is 1.16 bits per heavy atom. The number of unbranched alkanes of at least 4 members (excludes halogenated alkanes) is 1. The summed E-state index contributed by atoms with van der Waals surface area (Å²) in [5, 5.41) is 0. The van der Waals surface area contributed by atoms with Crippen LogP contribution in [0.3, 0.4) is 0 Å². The Bertz CT molecular complexity index is 506. The predicted molar refractivity (Wildman–Crippen MR) is 83.6 cm³/mol. The number of hydrogen-bond donors (Lipinski definition) is 1. The van der Waals surface area contributed by atoms with Crippen molar-refractivity contribution in [1.29, 1.82) is 0 Å². The Labute approximate surface area is 121 Å². The molecule has 0 aliphatic heterocycles. The van der Waals surface area contributed by atoms with Gasteiger partial charge < -0.3 is 0 Å². The molecular formula is C14H25NO2SSn. The summed E-state index contributed by atoms with van der Waals surface area (Å²) in [4.78, 5) is 7.44. The van der Waals surface area contributed by atoms with Gasteiger partial charge in [0.15, 0.2) is 0 Å². The number of rotatable bonds is 7. The van der Waals surface area contributed by atoms with Gasteiger partial charge in [-0.05, 0) is 0 Å². The van der Waals surface area contributed by atoms with E-state index in [0.717, 1.165) is 22.8 Å².